The zero-order valence-electron chi connectivity index (χ0n) is 17.9. The second kappa shape index (κ2) is 8.55. The maximum Gasteiger partial charge on any atom is 0.344 e. The van der Waals surface area contributed by atoms with E-state index in [2.05, 4.69) is 39.8 Å². The highest BCUT2D eigenvalue weighted by atomic mass is 79.9. The molecule has 2 aromatic carbocycles. The quantitative estimate of drug-likeness (QED) is 0.324. The molecule has 0 N–H and O–H groups in total. The van der Waals surface area contributed by atoms with Crippen LogP contribution >= 0.6 is 0 Å². The summed E-state index contributed by atoms with van der Waals surface area (Å²) in [5, 5.41) is 1.05. The van der Waals surface area contributed by atoms with E-state index in [0.29, 0.717) is 5.56 Å². The minimum Gasteiger partial charge on any atom is -1.00 e. The zero-order valence-corrected chi connectivity index (χ0v) is 19.5. The molecule has 0 spiro atoms. The van der Waals surface area contributed by atoms with E-state index in [1.54, 1.807) is 0 Å². The van der Waals surface area contributed by atoms with E-state index < -0.39 is 0 Å². The number of hydrogen-bond acceptors (Lipinski definition) is 3. The number of fused-ring (bicyclic) bond motifs is 2. The van der Waals surface area contributed by atoms with Gasteiger partial charge in [-0.3, -0.25) is 0 Å². The van der Waals surface area contributed by atoms with Gasteiger partial charge in [-0.05, 0) is 43.4 Å². The van der Waals surface area contributed by atoms with Crippen molar-refractivity contribution in [3.8, 4) is 11.1 Å². The summed E-state index contributed by atoms with van der Waals surface area (Å²) in [6.45, 7) is 3.03. The molecular weight excluding hydrogens is 464 g/mol. The summed E-state index contributed by atoms with van der Waals surface area (Å²) in [7, 11) is 0. The van der Waals surface area contributed by atoms with Crippen molar-refractivity contribution in [1.82, 2.24) is 0 Å². The molecule has 32 heavy (non-hydrogen) atoms. The van der Waals surface area contributed by atoms with Crippen molar-refractivity contribution in [3.05, 3.63) is 94.1 Å². The first-order valence-corrected chi connectivity index (χ1v) is 11.2. The number of aryl methyl sites for hydroxylation is 2. The highest BCUT2D eigenvalue weighted by Crippen LogP contribution is 2.40. The summed E-state index contributed by atoms with van der Waals surface area (Å²) in [4.78, 5) is 15.4. The van der Waals surface area contributed by atoms with Crippen LogP contribution in [0.1, 0.15) is 29.5 Å². The lowest BCUT2D eigenvalue weighted by molar-refractivity contribution is -0.688. The van der Waals surface area contributed by atoms with E-state index in [4.69, 9.17) is 4.42 Å². The largest absolute Gasteiger partial charge is 1.00 e. The molecule has 0 fully saturated rings. The fraction of sp³-hybridized carbons (Fsp3) is 0.259. The van der Waals surface area contributed by atoms with Crippen LogP contribution in [0.2, 0.25) is 0 Å². The molecule has 4 heterocycles. The fourth-order valence-corrected chi connectivity index (χ4v) is 5.18. The van der Waals surface area contributed by atoms with Crippen LogP contribution in [0.15, 0.2) is 76.2 Å². The molecule has 2 aliphatic rings. The van der Waals surface area contributed by atoms with Crippen LogP contribution in [0.4, 0.5) is 5.69 Å². The predicted molar refractivity (Wildman–Crippen MR) is 123 cm³/mol. The Balaban J connectivity index is 0.00000216. The number of benzene rings is 2. The fourth-order valence-electron chi connectivity index (χ4n) is 5.18. The van der Waals surface area contributed by atoms with Crippen molar-refractivity contribution < 1.29 is 26.0 Å². The Morgan fingerprint density at radius 2 is 1.69 bits per heavy atom. The Morgan fingerprint density at radius 3 is 2.47 bits per heavy atom. The third-order valence-corrected chi connectivity index (χ3v) is 6.63. The number of pyridine rings is 1. The summed E-state index contributed by atoms with van der Waals surface area (Å²) in [5.74, 6) is 0. The lowest BCUT2D eigenvalue weighted by Gasteiger charge is -2.37. The number of anilines is 1. The van der Waals surface area contributed by atoms with Gasteiger partial charge in [0.2, 0.25) is 0 Å². The van der Waals surface area contributed by atoms with Crippen LogP contribution in [-0.4, -0.2) is 13.1 Å². The summed E-state index contributed by atoms with van der Waals surface area (Å²) < 4.78 is 8.08. The molecule has 4 nitrogen and oxygen atoms in total. The van der Waals surface area contributed by atoms with E-state index in [9.17, 15) is 4.79 Å². The van der Waals surface area contributed by atoms with Crippen LogP contribution in [0, 0.1) is 0 Å². The number of aromatic nitrogens is 1. The van der Waals surface area contributed by atoms with Gasteiger partial charge >= 0.3 is 5.63 Å². The Bertz CT molecular complexity index is 1330. The van der Waals surface area contributed by atoms with E-state index in [1.165, 1.54) is 28.8 Å². The number of halogens is 1. The van der Waals surface area contributed by atoms with Gasteiger partial charge in [-0.2, -0.15) is 0 Å². The van der Waals surface area contributed by atoms with E-state index >= 15 is 0 Å². The maximum atomic E-state index is 13.0. The van der Waals surface area contributed by atoms with Crippen LogP contribution < -0.4 is 32.1 Å². The minimum absolute atomic E-state index is 0. The normalized spacial score (nSPS) is 14.7. The van der Waals surface area contributed by atoms with Crippen LogP contribution in [0.25, 0.3) is 22.1 Å². The molecule has 0 bridgehead atoms. The van der Waals surface area contributed by atoms with Gasteiger partial charge in [-0.15, -0.1) is 0 Å². The molecule has 6 rings (SSSR count). The first-order chi connectivity index (χ1) is 15.3. The molecule has 5 heteroatoms. The topological polar surface area (TPSA) is 37.3 Å². The van der Waals surface area contributed by atoms with Gasteiger partial charge in [0.25, 0.3) is 0 Å². The molecular formula is C27H25BrN2O2. The molecule has 0 radical (unpaired) electrons. The SMILES string of the molecule is O=c1oc2c3c4c(cc2cc1-c1cc[n+](Cc2ccccc2)cc1)CCCN4CCC3.[Br-]. The molecule has 0 atom stereocenters. The first kappa shape index (κ1) is 21.0. The third kappa shape index (κ3) is 3.65. The van der Waals surface area contributed by atoms with Gasteiger partial charge in [0.15, 0.2) is 18.9 Å². The zero-order chi connectivity index (χ0) is 20.8. The number of nitrogens with zero attached hydrogens (tertiary/aromatic N) is 2. The van der Waals surface area contributed by atoms with Crippen molar-refractivity contribution in [2.75, 3.05) is 18.0 Å². The first-order valence-electron chi connectivity index (χ1n) is 11.2. The maximum absolute atomic E-state index is 13.0. The van der Waals surface area contributed by atoms with Gasteiger partial charge in [0, 0.05) is 53.0 Å². The van der Waals surface area contributed by atoms with Gasteiger partial charge in [-0.25, -0.2) is 9.36 Å². The number of rotatable bonds is 3. The van der Waals surface area contributed by atoms with Gasteiger partial charge in [0.1, 0.15) is 5.58 Å². The van der Waals surface area contributed by atoms with Crippen molar-refractivity contribution in [3.63, 3.8) is 0 Å². The summed E-state index contributed by atoms with van der Waals surface area (Å²) in [5.41, 5.74) is 7.29. The van der Waals surface area contributed by atoms with Gasteiger partial charge in [0.05, 0.1) is 5.56 Å². The third-order valence-electron chi connectivity index (χ3n) is 6.63. The molecule has 0 saturated heterocycles. The lowest BCUT2D eigenvalue weighted by atomic mass is 9.89. The summed E-state index contributed by atoms with van der Waals surface area (Å²) in [6.07, 6.45) is 8.47. The highest BCUT2D eigenvalue weighted by Gasteiger charge is 2.27. The standard InChI is InChI=1S/C27H25N2O2.BrH/c30-27-24(20-10-14-28(15-11-20)18-19-6-2-1-3-7-19)17-22-16-21-8-4-12-29-13-5-9-23(25(21)29)26(22)31-27;/h1-3,6-7,10-11,14-17H,4-5,8-9,12-13,18H2;1H/q+1;/p-1. The van der Waals surface area contributed by atoms with Crippen molar-refractivity contribution in [2.24, 2.45) is 0 Å². The Labute approximate surface area is 197 Å². The van der Waals surface area contributed by atoms with Crippen LogP contribution in [-0.2, 0) is 19.4 Å². The predicted octanol–water partition coefficient (Wildman–Crippen LogP) is 1.50. The highest BCUT2D eigenvalue weighted by molar-refractivity contribution is 5.90. The van der Waals surface area contributed by atoms with E-state index in [-0.39, 0.29) is 22.6 Å². The monoisotopic (exact) mass is 488 g/mol. The molecule has 0 saturated carbocycles. The molecule has 2 aromatic heterocycles. The Morgan fingerprint density at radius 1 is 0.938 bits per heavy atom. The minimum atomic E-state index is -0.252. The van der Waals surface area contributed by atoms with Crippen molar-refractivity contribution >= 4 is 16.7 Å². The molecule has 0 unspecified atom stereocenters. The molecule has 0 aliphatic carbocycles. The Hall–Kier alpha value is -2.92. The van der Waals surface area contributed by atoms with Gasteiger partial charge < -0.3 is 26.3 Å². The Kier molecular flexibility index (Phi) is 5.60. The molecule has 2 aliphatic heterocycles. The molecule has 4 aromatic rings. The van der Waals surface area contributed by atoms with Crippen molar-refractivity contribution in [2.45, 2.75) is 32.2 Å². The van der Waals surface area contributed by atoms with Crippen molar-refractivity contribution in [1.29, 1.82) is 0 Å². The lowest BCUT2D eigenvalue weighted by Crippen LogP contribution is -3.00. The van der Waals surface area contributed by atoms with E-state index in [0.717, 1.165) is 55.4 Å². The smallest absolute Gasteiger partial charge is 0.344 e. The van der Waals surface area contributed by atoms with Crippen LogP contribution in [0.5, 0.6) is 0 Å². The second-order valence-electron chi connectivity index (χ2n) is 8.67. The molecule has 162 valence electrons. The summed E-state index contributed by atoms with van der Waals surface area (Å²) in [6, 6.07) is 18.7. The van der Waals surface area contributed by atoms with Gasteiger partial charge in [-0.1, -0.05) is 30.3 Å². The average Bonchev–Trinajstić information content (AvgIpc) is 2.81. The average molecular weight is 489 g/mol. The van der Waals surface area contributed by atoms with Crippen LogP contribution in [0.3, 0.4) is 0 Å². The second-order valence-corrected chi connectivity index (χ2v) is 8.67. The number of hydrogen-bond donors (Lipinski definition) is 0. The summed E-state index contributed by atoms with van der Waals surface area (Å²) >= 11 is 0. The molecule has 0 amide bonds. The van der Waals surface area contributed by atoms with E-state index in [1.807, 2.05) is 36.7 Å².